The van der Waals surface area contributed by atoms with Crippen LogP contribution in [0.25, 0.3) is 10.8 Å². The second-order valence-corrected chi connectivity index (χ2v) is 7.72. The molecule has 2 aromatic rings. The molecule has 0 aliphatic carbocycles. The Hall–Kier alpha value is -1.66. The molecule has 0 radical (unpaired) electrons. The lowest BCUT2D eigenvalue weighted by molar-refractivity contribution is -0.118. The van der Waals surface area contributed by atoms with Crippen molar-refractivity contribution < 1.29 is 13.9 Å². The SMILES string of the molecule is Cc1ccc(-c2nc(C)c(C(=O)N3CC(C)OC(C)(C)C3)s2)o1. The van der Waals surface area contributed by atoms with Gasteiger partial charge in [-0.25, -0.2) is 4.98 Å². The van der Waals surface area contributed by atoms with E-state index in [1.807, 2.05) is 51.7 Å². The number of aryl methyl sites for hydroxylation is 2. The van der Waals surface area contributed by atoms with E-state index in [9.17, 15) is 4.79 Å². The van der Waals surface area contributed by atoms with Gasteiger partial charge in [-0.3, -0.25) is 4.79 Å². The summed E-state index contributed by atoms with van der Waals surface area (Å²) >= 11 is 1.39. The van der Waals surface area contributed by atoms with Crippen LogP contribution in [0.15, 0.2) is 16.5 Å². The van der Waals surface area contributed by atoms with E-state index in [1.165, 1.54) is 11.3 Å². The van der Waals surface area contributed by atoms with Crippen molar-refractivity contribution in [2.75, 3.05) is 13.1 Å². The van der Waals surface area contributed by atoms with Crippen molar-refractivity contribution in [2.45, 2.75) is 46.3 Å². The van der Waals surface area contributed by atoms with Gasteiger partial charge in [-0.15, -0.1) is 11.3 Å². The van der Waals surface area contributed by atoms with Gasteiger partial charge >= 0.3 is 0 Å². The van der Waals surface area contributed by atoms with Crippen LogP contribution in [0.4, 0.5) is 0 Å². The number of thiazole rings is 1. The van der Waals surface area contributed by atoms with Gasteiger partial charge in [0.1, 0.15) is 10.6 Å². The Morgan fingerprint density at radius 2 is 2.13 bits per heavy atom. The molecule has 1 fully saturated rings. The summed E-state index contributed by atoms with van der Waals surface area (Å²) in [5.74, 6) is 1.58. The summed E-state index contributed by atoms with van der Waals surface area (Å²) in [4.78, 5) is 20.0. The van der Waals surface area contributed by atoms with E-state index in [0.29, 0.717) is 23.7 Å². The highest BCUT2D eigenvalue weighted by Gasteiger charge is 2.35. The third-order valence-electron chi connectivity index (χ3n) is 3.80. The molecule has 0 bridgehead atoms. The highest BCUT2D eigenvalue weighted by molar-refractivity contribution is 7.17. The van der Waals surface area contributed by atoms with Crippen molar-refractivity contribution in [2.24, 2.45) is 0 Å². The molecule has 3 heterocycles. The Kier molecular flexibility index (Phi) is 4.06. The van der Waals surface area contributed by atoms with Crippen molar-refractivity contribution in [3.8, 4) is 10.8 Å². The molecule has 23 heavy (non-hydrogen) atoms. The van der Waals surface area contributed by atoms with Gasteiger partial charge in [-0.1, -0.05) is 0 Å². The number of hydrogen-bond acceptors (Lipinski definition) is 5. The first-order valence-electron chi connectivity index (χ1n) is 7.76. The van der Waals surface area contributed by atoms with E-state index < -0.39 is 0 Å². The zero-order valence-corrected chi connectivity index (χ0v) is 15.0. The van der Waals surface area contributed by atoms with Crippen molar-refractivity contribution in [3.63, 3.8) is 0 Å². The molecule has 0 spiro atoms. The average molecular weight is 334 g/mol. The second kappa shape index (κ2) is 5.76. The Labute approximate surface area is 140 Å². The van der Waals surface area contributed by atoms with Crippen molar-refractivity contribution in [1.82, 2.24) is 9.88 Å². The number of amides is 1. The lowest BCUT2D eigenvalue weighted by atomic mass is 10.1. The minimum absolute atomic E-state index is 0.0257. The molecule has 1 amide bonds. The zero-order chi connectivity index (χ0) is 16.8. The number of furan rings is 1. The van der Waals surface area contributed by atoms with Crippen LogP contribution in [-0.4, -0.2) is 40.6 Å². The summed E-state index contributed by atoms with van der Waals surface area (Å²) in [7, 11) is 0. The molecule has 1 aliphatic heterocycles. The Morgan fingerprint density at radius 1 is 1.39 bits per heavy atom. The Morgan fingerprint density at radius 3 is 2.74 bits per heavy atom. The summed E-state index contributed by atoms with van der Waals surface area (Å²) in [6.45, 7) is 11.0. The number of carbonyl (C=O) groups is 1. The van der Waals surface area contributed by atoms with Crippen LogP contribution >= 0.6 is 11.3 Å². The fourth-order valence-electron chi connectivity index (χ4n) is 3.00. The number of nitrogens with zero attached hydrogens (tertiary/aromatic N) is 2. The lowest BCUT2D eigenvalue weighted by Crippen LogP contribution is -2.53. The third-order valence-corrected chi connectivity index (χ3v) is 4.96. The molecule has 1 aliphatic rings. The quantitative estimate of drug-likeness (QED) is 0.841. The van der Waals surface area contributed by atoms with Gasteiger partial charge in [-0.05, 0) is 46.8 Å². The first-order valence-corrected chi connectivity index (χ1v) is 8.58. The smallest absolute Gasteiger partial charge is 0.266 e. The first-order chi connectivity index (χ1) is 10.7. The molecule has 5 nitrogen and oxygen atoms in total. The molecule has 0 saturated carbocycles. The van der Waals surface area contributed by atoms with E-state index >= 15 is 0 Å². The number of aromatic nitrogens is 1. The fraction of sp³-hybridized carbons (Fsp3) is 0.529. The van der Waals surface area contributed by atoms with Gasteiger partial charge in [0.05, 0.1) is 17.4 Å². The molecule has 1 atom stereocenters. The van der Waals surface area contributed by atoms with Gasteiger partial charge in [0.15, 0.2) is 10.8 Å². The normalized spacial score (nSPS) is 20.7. The van der Waals surface area contributed by atoms with Crippen molar-refractivity contribution in [3.05, 3.63) is 28.5 Å². The predicted octanol–water partition coefficient (Wildman–Crippen LogP) is 3.66. The standard InChI is InChI=1S/C17H22N2O3S/c1-10-6-7-13(21-10)15-18-12(3)14(23-15)16(20)19-8-11(2)22-17(4,5)9-19/h6-7,11H,8-9H2,1-5H3. The van der Waals surface area contributed by atoms with Gasteiger partial charge in [0.2, 0.25) is 0 Å². The molecule has 124 valence electrons. The number of carbonyl (C=O) groups excluding carboxylic acids is 1. The van der Waals surface area contributed by atoms with Gasteiger partial charge in [0, 0.05) is 13.1 Å². The van der Waals surface area contributed by atoms with Crippen LogP contribution in [0, 0.1) is 13.8 Å². The second-order valence-electron chi connectivity index (χ2n) is 6.72. The maximum atomic E-state index is 12.9. The molecule has 2 aromatic heterocycles. The van der Waals surface area contributed by atoms with E-state index in [2.05, 4.69) is 4.98 Å². The van der Waals surface area contributed by atoms with Crippen molar-refractivity contribution in [1.29, 1.82) is 0 Å². The molecule has 6 heteroatoms. The highest BCUT2D eigenvalue weighted by Crippen LogP contribution is 2.31. The summed E-state index contributed by atoms with van der Waals surface area (Å²) in [6, 6.07) is 3.79. The maximum Gasteiger partial charge on any atom is 0.266 e. The van der Waals surface area contributed by atoms with Crippen LogP contribution in [0.1, 0.15) is 41.9 Å². The van der Waals surface area contributed by atoms with E-state index in [0.717, 1.165) is 16.5 Å². The monoisotopic (exact) mass is 334 g/mol. The number of morpholine rings is 1. The average Bonchev–Trinajstić information content (AvgIpc) is 3.02. The number of rotatable bonds is 2. The summed E-state index contributed by atoms with van der Waals surface area (Å²) in [5.41, 5.74) is 0.424. The highest BCUT2D eigenvalue weighted by atomic mass is 32.1. The summed E-state index contributed by atoms with van der Waals surface area (Å²) in [6.07, 6.45) is 0.0307. The first kappa shape index (κ1) is 16.2. The molecular formula is C17H22N2O3S. The minimum atomic E-state index is -0.327. The molecule has 1 saturated heterocycles. The summed E-state index contributed by atoms with van der Waals surface area (Å²) < 4.78 is 11.5. The maximum absolute atomic E-state index is 12.9. The van der Waals surface area contributed by atoms with Gasteiger partial charge in [-0.2, -0.15) is 0 Å². The molecule has 0 aromatic carbocycles. The minimum Gasteiger partial charge on any atom is -0.459 e. The van der Waals surface area contributed by atoms with Crippen LogP contribution in [0.3, 0.4) is 0 Å². The topological polar surface area (TPSA) is 55.6 Å². The van der Waals surface area contributed by atoms with Gasteiger partial charge in [0.25, 0.3) is 5.91 Å². The summed E-state index contributed by atoms with van der Waals surface area (Å²) in [5, 5.41) is 0.750. The van der Waals surface area contributed by atoms with Crippen LogP contribution < -0.4 is 0 Å². The van der Waals surface area contributed by atoms with E-state index in [-0.39, 0.29) is 17.6 Å². The molecule has 3 rings (SSSR count). The lowest BCUT2D eigenvalue weighted by Gasteiger charge is -2.41. The molecular weight excluding hydrogens is 312 g/mol. The third kappa shape index (κ3) is 3.33. The Bertz CT molecular complexity index is 732. The molecule has 1 unspecified atom stereocenters. The van der Waals surface area contributed by atoms with Gasteiger partial charge < -0.3 is 14.1 Å². The van der Waals surface area contributed by atoms with Crippen molar-refractivity contribution >= 4 is 17.2 Å². The van der Waals surface area contributed by atoms with Crippen LogP contribution in [0.5, 0.6) is 0 Å². The van der Waals surface area contributed by atoms with E-state index in [4.69, 9.17) is 9.15 Å². The fourth-order valence-corrected chi connectivity index (χ4v) is 4.00. The van der Waals surface area contributed by atoms with Crippen LogP contribution in [0.2, 0.25) is 0 Å². The predicted molar refractivity (Wildman–Crippen MR) is 89.8 cm³/mol. The number of ether oxygens (including phenoxy) is 1. The largest absolute Gasteiger partial charge is 0.459 e. The van der Waals surface area contributed by atoms with Crippen LogP contribution in [-0.2, 0) is 4.74 Å². The molecule has 0 N–H and O–H groups in total. The Balaban J connectivity index is 1.87. The zero-order valence-electron chi connectivity index (χ0n) is 14.2. The van der Waals surface area contributed by atoms with E-state index in [1.54, 1.807) is 0 Å². The number of hydrogen-bond donors (Lipinski definition) is 0.